The molecule has 1 aromatic carbocycles. The number of H-pyrrole nitrogens is 2. The van der Waals surface area contributed by atoms with Crippen LogP contribution in [-0.2, 0) is 6.42 Å². The molecule has 6 rings (SSSR count). The first kappa shape index (κ1) is 17.8. The highest BCUT2D eigenvalue weighted by Crippen LogP contribution is 2.34. The van der Waals surface area contributed by atoms with Crippen LogP contribution < -0.4 is 0 Å². The Morgan fingerprint density at radius 2 is 1.97 bits per heavy atom. The lowest BCUT2D eigenvalue weighted by Crippen LogP contribution is -1.86. The molecule has 5 nitrogen and oxygen atoms in total. The molecule has 0 radical (unpaired) electrons. The second kappa shape index (κ2) is 7.06. The summed E-state index contributed by atoms with van der Waals surface area (Å²) < 4.78 is 0. The van der Waals surface area contributed by atoms with Gasteiger partial charge in [0.1, 0.15) is 11.3 Å². The third-order valence-corrected chi connectivity index (χ3v) is 5.97. The van der Waals surface area contributed by atoms with E-state index in [0.29, 0.717) is 0 Å². The number of pyridine rings is 2. The number of rotatable bonds is 4. The van der Waals surface area contributed by atoms with Gasteiger partial charge in [-0.05, 0) is 65.4 Å². The number of benzene rings is 1. The largest absolute Gasteiger partial charge is 0.338 e. The Morgan fingerprint density at radius 3 is 2.84 bits per heavy atom. The molecule has 150 valence electrons. The summed E-state index contributed by atoms with van der Waals surface area (Å²) in [5, 5.41) is 9.99. The molecule has 0 saturated carbocycles. The molecular weight excluding hydrogens is 382 g/mol. The van der Waals surface area contributed by atoms with Crippen molar-refractivity contribution in [2.24, 2.45) is 0 Å². The SMILES string of the molecule is CCc1cncc(-c2ccc3[nH]nc(-c4cc5c(C6=CCC=C6)ccnc5[nH]4)c3c2)c1. The van der Waals surface area contributed by atoms with E-state index in [1.807, 2.05) is 18.6 Å². The zero-order chi connectivity index (χ0) is 20.8. The van der Waals surface area contributed by atoms with Gasteiger partial charge in [-0.25, -0.2) is 4.98 Å². The van der Waals surface area contributed by atoms with Gasteiger partial charge in [0.15, 0.2) is 0 Å². The van der Waals surface area contributed by atoms with Crippen LogP contribution in [0.25, 0.3) is 50.0 Å². The van der Waals surface area contributed by atoms with Gasteiger partial charge in [0.2, 0.25) is 0 Å². The van der Waals surface area contributed by atoms with E-state index in [0.717, 1.165) is 57.3 Å². The van der Waals surface area contributed by atoms with Gasteiger partial charge in [-0.3, -0.25) is 10.1 Å². The summed E-state index contributed by atoms with van der Waals surface area (Å²) in [5.41, 5.74) is 9.67. The third kappa shape index (κ3) is 2.97. The molecule has 2 N–H and O–H groups in total. The summed E-state index contributed by atoms with van der Waals surface area (Å²) in [6.45, 7) is 2.15. The van der Waals surface area contributed by atoms with E-state index in [1.165, 1.54) is 16.7 Å². The molecule has 0 spiro atoms. The standard InChI is InChI=1S/C26H21N5/c1-2-16-11-19(15-27-14-16)18-7-8-23-22(12-18)25(31-30-23)24-13-21-20(17-5-3-4-6-17)9-10-28-26(21)29-24/h3,5-15H,2,4H2,1H3,(H,28,29)(H,30,31). The van der Waals surface area contributed by atoms with Gasteiger partial charge in [-0.2, -0.15) is 5.10 Å². The van der Waals surface area contributed by atoms with Crippen LogP contribution in [0.5, 0.6) is 0 Å². The lowest BCUT2D eigenvalue weighted by atomic mass is 10.0. The zero-order valence-corrected chi connectivity index (χ0v) is 17.2. The molecular formula is C26H21N5. The first-order valence-corrected chi connectivity index (χ1v) is 10.6. The van der Waals surface area contributed by atoms with Crippen molar-refractivity contribution in [1.29, 1.82) is 0 Å². The van der Waals surface area contributed by atoms with Gasteiger partial charge < -0.3 is 4.98 Å². The summed E-state index contributed by atoms with van der Waals surface area (Å²) in [6.07, 6.45) is 14.3. The minimum Gasteiger partial charge on any atom is -0.338 e. The number of fused-ring (bicyclic) bond motifs is 2. The van der Waals surface area contributed by atoms with Crippen LogP contribution in [0.1, 0.15) is 24.5 Å². The van der Waals surface area contributed by atoms with Gasteiger partial charge >= 0.3 is 0 Å². The van der Waals surface area contributed by atoms with Crippen LogP contribution in [0.2, 0.25) is 0 Å². The molecule has 31 heavy (non-hydrogen) atoms. The number of hydrogen-bond acceptors (Lipinski definition) is 3. The molecule has 0 saturated heterocycles. The molecule has 0 fully saturated rings. The number of aromatic amines is 2. The Morgan fingerprint density at radius 1 is 1.00 bits per heavy atom. The van der Waals surface area contributed by atoms with Gasteiger partial charge in [-0.1, -0.05) is 31.2 Å². The maximum atomic E-state index is 4.63. The van der Waals surface area contributed by atoms with E-state index in [1.54, 1.807) is 0 Å². The van der Waals surface area contributed by atoms with E-state index in [9.17, 15) is 0 Å². The minimum absolute atomic E-state index is 0.876. The van der Waals surface area contributed by atoms with Crippen LogP contribution in [-0.4, -0.2) is 25.1 Å². The fourth-order valence-electron chi connectivity index (χ4n) is 4.30. The molecule has 1 aliphatic rings. The van der Waals surface area contributed by atoms with Crippen LogP contribution in [0.3, 0.4) is 0 Å². The Balaban J connectivity index is 1.49. The van der Waals surface area contributed by atoms with E-state index >= 15 is 0 Å². The molecule has 0 aliphatic heterocycles. The van der Waals surface area contributed by atoms with Crippen molar-refractivity contribution in [3.63, 3.8) is 0 Å². The molecule has 0 amide bonds. The van der Waals surface area contributed by atoms with Gasteiger partial charge in [0.25, 0.3) is 0 Å². The average molecular weight is 403 g/mol. The lowest BCUT2D eigenvalue weighted by molar-refractivity contribution is 1.10. The summed E-state index contributed by atoms with van der Waals surface area (Å²) >= 11 is 0. The van der Waals surface area contributed by atoms with Crippen LogP contribution in [0.15, 0.2) is 73.2 Å². The van der Waals surface area contributed by atoms with Crippen molar-refractivity contribution >= 4 is 27.5 Å². The summed E-state index contributed by atoms with van der Waals surface area (Å²) in [7, 11) is 0. The molecule has 0 atom stereocenters. The summed E-state index contributed by atoms with van der Waals surface area (Å²) in [5.74, 6) is 0. The quantitative estimate of drug-likeness (QED) is 0.382. The monoisotopic (exact) mass is 403 g/mol. The van der Waals surface area contributed by atoms with E-state index in [2.05, 4.69) is 86.7 Å². The maximum absolute atomic E-state index is 4.63. The third-order valence-electron chi connectivity index (χ3n) is 5.97. The Bertz CT molecular complexity index is 1500. The first-order valence-electron chi connectivity index (χ1n) is 10.6. The lowest BCUT2D eigenvalue weighted by Gasteiger charge is -2.04. The predicted octanol–water partition coefficient (Wildman–Crippen LogP) is 6.07. The number of allylic oxidation sites excluding steroid dienone is 4. The van der Waals surface area contributed by atoms with Crippen molar-refractivity contribution in [2.45, 2.75) is 19.8 Å². The average Bonchev–Trinajstić information content (AvgIpc) is 3.57. The topological polar surface area (TPSA) is 70.2 Å². The molecule has 0 bridgehead atoms. The van der Waals surface area contributed by atoms with Crippen LogP contribution in [0, 0.1) is 0 Å². The first-order chi connectivity index (χ1) is 15.3. The Hall–Kier alpha value is -3.99. The van der Waals surface area contributed by atoms with Crippen LogP contribution in [0.4, 0.5) is 0 Å². The highest BCUT2D eigenvalue weighted by Gasteiger charge is 2.15. The number of nitrogens with zero attached hydrogens (tertiary/aromatic N) is 3. The zero-order valence-electron chi connectivity index (χ0n) is 17.2. The number of aromatic nitrogens is 5. The van der Waals surface area contributed by atoms with Crippen molar-refractivity contribution in [1.82, 2.24) is 25.1 Å². The molecule has 5 heteroatoms. The molecule has 0 unspecified atom stereocenters. The van der Waals surface area contributed by atoms with Crippen molar-refractivity contribution < 1.29 is 0 Å². The highest BCUT2D eigenvalue weighted by molar-refractivity contribution is 6.00. The molecule has 1 aliphatic carbocycles. The van der Waals surface area contributed by atoms with Crippen molar-refractivity contribution in [3.8, 4) is 22.5 Å². The minimum atomic E-state index is 0.876. The van der Waals surface area contributed by atoms with Crippen molar-refractivity contribution in [2.75, 3.05) is 0 Å². The fraction of sp³-hybridized carbons (Fsp3) is 0.115. The predicted molar refractivity (Wildman–Crippen MR) is 126 cm³/mol. The Kier molecular flexibility index (Phi) is 4.06. The number of nitrogens with one attached hydrogen (secondary N) is 2. The smallest absolute Gasteiger partial charge is 0.138 e. The maximum Gasteiger partial charge on any atom is 0.138 e. The number of hydrogen-bond donors (Lipinski definition) is 2. The molecule has 4 aromatic heterocycles. The Labute approximate surface area is 179 Å². The number of aryl methyl sites for hydroxylation is 1. The van der Waals surface area contributed by atoms with Crippen molar-refractivity contribution in [3.05, 3.63) is 84.3 Å². The summed E-state index contributed by atoms with van der Waals surface area (Å²) in [6, 6.07) is 12.8. The molecule has 5 aromatic rings. The van der Waals surface area contributed by atoms with Gasteiger partial charge in [0.05, 0.1) is 11.2 Å². The van der Waals surface area contributed by atoms with Crippen LogP contribution >= 0.6 is 0 Å². The highest BCUT2D eigenvalue weighted by atomic mass is 15.1. The molecule has 4 heterocycles. The van der Waals surface area contributed by atoms with E-state index < -0.39 is 0 Å². The van der Waals surface area contributed by atoms with E-state index in [-0.39, 0.29) is 0 Å². The second-order valence-electron chi connectivity index (χ2n) is 7.87. The van der Waals surface area contributed by atoms with Gasteiger partial charge in [0, 0.05) is 34.9 Å². The normalized spacial score (nSPS) is 13.4. The second-order valence-corrected chi connectivity index (χ2v) is 7.87. The van der Waals surface area contributed by atoms with Gasteiger partial charge in [-0.15, -0.1) is 0 Å². The summed E-state index contributed by atoms with van der Waals surface area (Å²) in [4.78, 5) is 12.4. The fourth-order valence-corrected chi connectivity index (χ4v) is 4.30. The van der Waals surface area contributed by atoms with E-state index in [4.69, 9.17) is 0 Å².